The van der Waals surface area contributed by atoms with E-state index in [2.05, 4.69) is 35.1 Å². The van der Waals surface area contributed by atoms with E-state index >= 15 is 0 Å². The van der Waals surface area contributed by atoms with Crippen molar-refractivity contribution in [1.82, 2.24) is 20.2 Å². The zero-order chi connectivity index (χ0) is 15.5. The lowest BCUT2D eigenvalue weighted by Crippen LogP contribution is -2.34. The number of hydrogen-bond donors (Lipinski definition) is 1. The van der Waals surface area contributed by atoms with Crippen molar-refractivity contribution in [3.05, 3.63) is 30.1 Å². The van der Waals surface area contributed by atoms with Gasteiger partial charge in [-0.1, -0.05) is 37.9 Å². The largest absolute Gasteiger partial charge is 0.385 e. The average Bonchev–Trinajstić information content (AvgIpc) is 2.87. The van der Waals surface area contributed by atoms with Gasteiger partial charge in [-0.25, -0.2) is 4.39 Å². The molecule has 0 aliphatic heterocycles. The van der Waals surface area contributed by atoms with Gasteiger partial charge in [0.15, 0.2) is 6.73 Å². The van der Waals surface area contributed by atoms with Gasteiger partial charge in [0, 0.05) is 14.7 Å². The number of rotatable bonds is 6. The van der Waals surface area contributed by atoms with Crippen LogP contribution in [0.25, 0.3) is 0 Å². The number of halogens is 1. The van der Waals surface area contributed by atoms with Crippen LogP contribution in [-0.2, 0) is 17.1 Å². The molecule has 0 bridgehead atoms. The number of hydrogen-bond acceptors (Lipinski definition) is 5. The minimum absolute atomic E-state index is 0.128. The SMILES string of the molecule is C[Si](C)(C)CCOCn1nnc(C2(F)C=CC=CC2O)n1. The third kappa shape index (κ3) is 4.05. The number of aromatic nitrogens is 4. The summed E-state index contributed by atoms with van der Waals surface area (Å²) in [4.78, 5) is 1.19. The molecule has 1 aromatic rings. The van der Waals surface area contributed by atoms with Crippen molar-refractivity contribution in [3.63, 3.8) is 0 Å². The first-order valence-corrected chi connectivity index (χ1v) is 10.6. The van der Waals surface area contributed by atoms with Crippen LogP contribution in [0, 0.1) is 0 Å². The molecule has 0 aromatic carbocycles. The van der Waals surface area contributed by atoms with Gasteiger partial charge in [0.25, 0.3) is 0 Å². The van der Waals surface area contributed by atoms with Crippen molar-refractivity contribution in [1.29, 1.82) is 0 Å². The average molecular weight is 312 g/mol. The molecule has 21 heavy (non-hydrogen) atoms. The number of tetrazole rings is 1. The van der Waals surface area contributed by atoms with Gasteiger partial charge in [0.2, 0.25) is 11.5 Å². The second-order valence-corrected chi connectivity index (χ2v) is 11.9. The van der Waals surface area contributed by atoms with Crippen molar-refractivity contribution in [3.8, 4) is 0 Å². The first-order chi connectivity index (χ1) is 9.81. The molecule has 0 radical (unpaired) electrons. The summed E-state index contributed by atoms with van der Waals surface area (Å²) in [6.07, 6.45) is 4.36. The van der Waals surface area contributed by atoms with Gasteiger partial charge in [0.05, 0.1) is 0 Å². The van der Waals surface area contributed by atoms with Gasteiger partial charge in [-0.3, -0.25) is 0 Å². The molecule has 0 saturated carbocycles. The summed E-state index contributed by atoms with van der Waals surface area (Å²) in [6.45, 7) is 7.54. The Morgan fingerprint density at radius 3 is 2.86 bits per heavy atom. The van der Waals surface area contributed by atoms with Gasteiger partial charge in [-0.15, -0.1) is 15.0 Å². The Bertz CT molecular complexity index is 541. The van der Waals surface area contributed by atoms with Crippen LogP contribution >= 0.6 is 0 Å². The van der Waals surface area contributed by atoms with Gasteiger partial charge in [-0.2, -0.15) is 0 Å². The number of ether oxygens (including phenoxy) is 1. The topological polar surface area (TPSA) is 73.1 Å². The predicted octanol–water partition coefficient (Wildman–Crippen LogP) is 1.64. The zero-order valence-electron chi connectivity index (χ0n) is 12.5. The van der Waals surface area contributed by atoms with E-state index in [0.717, 1.165) is 6.04 Å². The van der Waals surface area contributed by atoms with Gasteiger partial charge in [0.1, 0.15) is 6.10 Å². The molecule has 1 N–H and O–H groups in total. The molecule has 6 nitrogen and oxygen atoms in total. The maximum Gasteiger partial charge on any atom is 0.221 e. The maximum atomic E-state index is 14.7. The van der Waals surface area contributed by atoms with Crippen LogP contribution < -0.4 is 0 Å². The molecule has 0 spiro atoms. The Morgan fingerprint density at radius 2 is 2.19 bits per heavy atom. The second kappa shape index (κ2) is 6.16. The smallest absolute Gasteiger partial charge is 0.221 e. The van der Waals surface area contributed by atoms with Crippen molar-refractivity contribution in [2.24, 2.45) is 0 Å². The standard InChI is InChI=1S/C13H21FN4O2Si/c1-21(2,3)9-8-20-10-18-16-12(15-17-18)13(14)7-5-4-6-11(13)19/h4-7,11,19H,8-10H2,1-3H3. The Morgan fingerprint density at radius 1 is 1.43 bits per heavy atom. The van der Waals surface area contributed by atoms with E-state index in [1.165, 1.54) is 23.0 Å². The summed E-state index contributed by atoms with van der Waals surface area (Å²) >= 11 is 0. The quantitative estimate of drug-likeness (QED) is 0.638. The summed E-state index contributed by atoms with van der Waals surface area (Å²) in [7, 11) is -1.14. The number of aliphatic hydroxyl groups is 1. The molecular formula is C13H21FN4O2Si. The second-order valence-electron chi connectivity index (χ2n) is 6.29. The summed E-state index contributed by atoms with van der Waals surface area (Å²) in [5.41, 5.74) is -2.13. The Kier molecular flexibility index (Phi) is 4.69. The molecule has 0 fully saturated rings. The van der Waals surface area contributed by atoms with Crippen molar-refractivity contribution >= 4 is 8.07 Å². The first kappa shape index (κ1) is 16.0. The molecule has 8 heteroatoms. The molecule has 0 amide bonds. The molecule has 1 heterocycles. The fraction of sp³-hybridized carbons (Fsp3) is 0.615. The van der Waals surface area contributed by atoms with Gasteiger partial charge < -0.3 is 9.84 Å². The third-order valence-corrected chi connectivity index (χ3v) is 4.88. The van der Waals surface area contributed by atoms with E-state index in [0.29, 0.717) is 6.61 Å². The van der Waals surface area contributed by atoms with Crippen molar-refractivity contribution in [2.45, 2.75) is 44.2 Å². The minimum atomic E-state index is -2.13. The summed E-state index contributed by atoms with van der Waals surface area (Å²) in [5, 5.41) is 21.1. The maximum absolute atomic E-state index is 14.7. The van der Waals surface area contributed by atoms with Crippen LogP contribution in [0.2, 0.25) is 25.7 Å². The summed E-state index contributed by atoms with van der Waals surface area (Å²) < 4.78 is 20.1. The van der Waals surface area contributed by atoms with E-state index in [1.807, 2.05) is 0 Å². The Balaban J connectivity index is 1.93. The monoisotopic (exact) mass is 312 g/mol. The predicted molar refractivity (Wildman–Crippen MR) is 79.0 cm³/mol. The summed E-state index contributed by atoms with van der Waals surface area (Å²) in [5.74, 6) is -0.163. The van der Waals surface area contributed by atoms with Crippen LogP contribution in [0.5, 0.6) is 0 Å². The van der Waals surface area contributed by atoms with E-state index in [9.17, 15) is 9.50 Å². The van der Waals surface area contributed by atoms with E-state index < -0.39 is 19.8 Å². The molecule has 2 rings (SSSR count). The molecule has 1 aromatic heterocycles. The van der Waals surface area contributed by atoms with Crippen LogP contribution in [0.3, 0.4) is 0 Å². The molecule has 116 valence electrons. The molecule has 0 saturated heterocycles. The minimum Gasteiger partial charge on any atom is -0.385 e. The van der Waals surface area contributed by atoms with Gasteiger partial charge in [-0.05, 0) is 17.3 Å². The van der Waals surface area contributed by atoms with E-state index in [-0.39, 0.29) is 12.6 Å². The molecule has 1 aliphatic rings. The van der Waals surface area contributed by atoms with Crippen molar-refractivity contribution < 1.29 is 14.2 Å². The normalized spacial score (nSPS) is 25.5. The lowest BCUT2D eigenvalue weighted by molar-refractivity contribution is 0.0449. The van der Waals surface area contributed by atoms with Crippen LogP contribution in [0.4, 0.5) is 4.39 Å². The number of alkyl halides is 1. The zero-order valence-corrected chi connectivity index (χ0v) is 13.5. The van der Waals surface area contributed by atoms with Crippen LogP contribution in [0.15, 0.2) is 24.3 Å². The third-order valence-electron chi connectivity index (χ3n) is 3.17. The number of nitrogens with zero attached hydrogens (tertiary/aromatic N) is 4. The molecule has 2 unspecified atom stereocenters. The highest BCUT2D eigenvalue weighted by molar-refractivity contribution is 6.76. The summed E-state index contributed by atoms with van der Waals surface area (Å²) in [6, 6.07) is 1.04. The lowest BCUT2D eigenvalue weighted by atomic mass is 9.94. The lowest BCUT2D eigenvalue weighted by Gasteiger charge is -2.23. The highest BCUT2D eigenvalue weighted by atomic mass is 28.3. The Hall–Kier alpha value is -1.38. The molecule has 1 aliphatic carbocycles. The van der Waals surface area contributed by atoms with Crippen LogP contribution in [-0.4, -0.2) is 46.1 Å². The fourth-order valence-electron chi connectivity index (χ4n) is 1.79. The molecular weight excluding hydrogens is 291 g/mol. The number of aliphatic hydroxyl groups excluding tert-OH is 1. The fourth-order valence-corrected chi connectivity index (χ4v) is 2.54. The van der Waals surface area contributed by atoms with E-state index in [4.69, 9.17) is 4.74 Å². The van der Waals surface area contributed by atoms with Gasteiger partial charge >= 0.3 is 0 Å². The highest BCUT2D eigenvalue weighted by Gasteiger charge is 2.41. The van der Waals surface area contributed by atoms with E-state index in [1.54, 1.807) is 6.08 Å². The number of allylic oxidation sites excluding steroid dienone is 2. The highest BCUT2D eigenvalue weighted by Crippen LogP contribution is 2.31. The first-order valence-electron chi connectivity index (χ1n) is 6.90. The van der Waals surface area contributed by atoms with Crippen LogP contribution in [0.1, 0.15) is 5.82 Å². The Labute approximate surface area is 124 Å². The molecule has 2 atom stereocenters. The van der Waals surface area contributed by atoms with Crippen molar-refractivity contribution in [2.75, 3.05) is 6.61 Å².